The van der Waals surface area contributed by atoms with Crippen molar-refractivity contribution in [1.82, 2.24) is 15.3 Å². The Morgan fingerprint density at radius 2 is 1.77 bits per heavy atom. The number of piperidine rings is 1. The van der Waals surface area contributed by atoms with Crippen LogP contribution in [0.2, 0.25) is 5.02 Å². The number of carbonyl (C=O) groups excluding carboxylic acids is 1. The van der Waals surface area contributed by atoms with Gasteiger partial charge in [0.05, 0.1) is 5.02 Å². The third-order valence-corrected chi connectivity index (χ3v) is 5.48. The molecule has 1 aliphatic rings. The van der Waals surface area contributed by atoms with Crippen LogP contribution < -0.4 is 10.2 Å². The fraction of sp³-hybridized carbons (Fsp3) is 0.261. The van der Waals surface area contributed by atoms with E-state index < -0.39 is 5.82 Å². The topological polar surface area (TPSA) is 58.1 Å². The third kappa shape index (κ3) is 4.60. The molecule has 1 aliphatic heterocycles. The third-order valence-electron chi connectivity index (χ3n) is 5.19. The lowest BCUT2D eigenvalue weighted by atomic mass is 10.1. The van der Waals surface area contributed by atoms with Crippen molar-refractivity contribution in [3.63, 3.8) is 0 Å². The molecule has 4 rings (SSSR count). The Hall–Kier alpha value is -2.99. The number of amides is 1. The van der Waals surface area contributed by atoms with Crippen molar-refractivity contribution in [2.45, 2.75) is 25.8 Å². The summed E-state index contributed by atoms with van der Waals surface area (Å²) in [5, 5.41) is 2.87. The highest BCUT2D eigenvalue weighted by atomic mass is 35.5. The van der Waals surface area contributed by atoms with Crippen LogP contribution in [0, 0.1) is 5.82 Å². The zero-order valence-electron chi connectivity index (χ0n) is 16.4. The highest BCUT2D eigenvalue weighted by Gasteiger charge is 2.18. The summed E-state index contributed by atoms with van der Waals surface area (Å²) in [6, 6.07) is 11.7. The molecule has 3 aromatic rings. The predicted octanol–water partition coefficient (Wildman–Crippen LogP) is 4.86. The molecule has 0 spiro atoms. The lowest BCUT2D eigenvalue weighted by Crippen LogP contribution is -2.30. The van der Waals surface area contributed by atoms with E-state index in [1.165, 1.54) is 18.6 Å². The molecule has 1 aromatic heterocycles. The molecule has 2 aromatic carbocycles. The first-order valence-electron chi connectivity index (χ1n) is 10.0. The molecule has 2 heterocycles. The van der Waals surface area contributed by atoms with Crippen LogP contribution in [-0.4, -0.2) is 29.0 Å². The zero-order chi connectivity index (χ0) is 20.9. The SMILES string of the molecule is O=C(NCc1ccc(F)c(Cl)c1)c1ccc(-c2nccnc2N2CCCCC2)cc1. The van der Waals surface area contributed by atoms with Gasteiger partial charge in [0, 0.05) is 43.2 Å². The van der Waals surface area contributed by atoms with Crippen LogP contribution in [0.25, 0.3) is 11.3 Å². The number of halogens is 2. The molecule has 0 saturated carbocycles. The molecule has 0 unspecified atom stereocenters. The number of benzene rings is 2. The number of rotatable bonds is 5. The number of nitrogens with one attached hydrogen (secondary N) is 1. The van der Waals surface area contributed by atoms with Gasteiger partial charge in [0.2, 0.25) is 0 Å². The van der Waals surface area contributed by atoms with E-state index in [0.717, 1.165) is 48.6 Å². The van der Waals surface area contributed by atoms with Gasteiger partial charge < -0.3 is 10.2 Å². The average Bonchev–Trinajstić information content (AvgIpc) is 2.80. The second kappa shape index (κ2) is 9.22. The van der Waals surface area contributed by atoms with E-state index in [0.29, 0.717) is 5.56 Å². The summed E-state index contributed by atoms with van der Waals surface area (Å²) in [6.45, 7) is 2.24. The molecule has 30 heavy (non-hydrogen) atoms. The van der Waals surface area contributed by atoms with Crippen LogP contribution in [0.15, 0.2) is 54.9 Å². The zero-order valence-corrected chi connectivity index (χ0v) is 17.2. The van der Waals surface area contributed by atoms with Crippen molar-refractivity contribution in [3.05, 3.63) is 76.8 Å². The van der Waals surface area contributed by atoms with E-state index in [1.807, 2.05) is 12.1 Å². The lowest BCUT2D eigenvalue weighted by molar-refractivity contribution is 0.0951. The van der Waals surface area contributed by atoms with Gasteiger partial charge in [-0.05, 0) is 49.1 Å². The van der Waals surface area contributed by atoms with Crippen LogP contribution in [0.1, 0.15) is 35.2 Å². The molecule has 5 nitrogen and oxygen atoms in total. The van der Waals surface area contributed by atoms with E-state index in [9.17, 15) is 9.18 Å². The molecule has 0 bridgehead atoms. The van der Waals surface area contributed by atoms with Gasteiger partial charge in [-0.2, -0.15) is 0 Å². The van der Waals surface area contributed by atoms with Gasteiger partial charge >= 0.3 is 0 Å². The van der Waals surface area contributed by atoms with Crippen LogP contribution in [0.4, 0.5) is 10.2 Å². The molecule has 1 fully saturated rings. The molecule has 1 amide bonds. The first-order valence-corrected chi connectivity index (χ1v) is 10.4. The van der Waals surface area contributed by atoms with Gasteiger partial charge in [-0.3, -0.25) is 9.78 Å². The second-order valence-electron chi connectivity index (χ2n) is 7.28. The normalized spacial score (nSPS) is 13.9. The maximum absolute atomic E-state index is 13.3. The van der Waals surface area contributed by atoms with Crippen molar-refractivity contribution in [2.75, 3.05) is 18.0 Å². The Morgan fingerprint density at radius 3 is 2.50 bits per heavy atom. The minimum atomic E-state index is -0.477. The number of aromatic nitrogens is 2. The largest absolute Gasteiger partial charge is 0.355 e. The molecule has 154 valence electrons. The van der Waals surface area contributed by atoms with Gasteiger partial charge in [0.15, 0.2) is 5.82 Å². The molecule has 1 saturated heterocycles. The molecular formula is C23H22ClFN4O. The van der Waals surface area contributed by atoms with Crippen LogP contribution >= 0.6 is 11.6 Å². The van der Waals surface area contributed by atoms with E-state index in [1.54, 1.807) is 30.6 Å². The number of carbonyl (C=O) groups is 1. The molecule has 1 N–H and O–H groups in total. The standard InChI is InChI=1S/C23H22ClFN4O/c24-19-14-16(4-9-20(19)25)15-28-23(30)18-7-5-17(6-8-18)21-22(27-11-10-26-21)29-12-2-1-3-13-29/h4-11,14H,1-3,12-13,15H2,(H,28,30). The minimum Gasteiger partial charge on any atom is -0.355 e. The molecule has 0 radical (unpaired) electrons. The monoisotopic (exact) mass is 424 g/mol. The maximum atomic E-state index is 13.3. The molecule has 0 aliphatic carbocycles. The van der Waals surface area contributed by atoms with Gasteiger partial charge in [-0.1, -0.05) is 29.8 Å². The summed E-state index contributed by atoms with van der Waals surface area (Å²) >= 11 is 5.79. The first kappa shape index (κ1) is 20.3. The van der Waals surface area contributed by atoms with Crippen molar-refractivity contribution in [2.24, 2.45) is 0 Å². The fourth-order valence-electron chi connectivity index (χ4n) is 3.58. The van der Waals surface area contributed by atoms with Gasteiger partial charge in [0.1, 0.15) is 11.5 Å². The summed E-state index contributed by atoms with van der Waals surface area (Å²) in [5.41, 5.74) is 3.02. The quantitative estimate of drug-likeness (QED) is 0.635. The molecule has 7 heteroatoms. The minimum absolute atomic E-state index is 0.0413. The van der Waals surface area contributed by atoms with Crippen molar-refractivity contribution in [1.29, 1.82) is 0 Å². The molecule has 0 atom stereocenters. The van der Waals surface area contributed by atoms with Crippen molar-refractivity contribution in [3.8, 4) is 11.3 Å². The highest BCUT2D eigenvalue weighted by molar-refractivity contribution is 6.30. The van der Waals surface area contributed by atoms with Gasteiger partial charge in [0.25, 0.3) is 5.91 Å². The first-order chi connectivity index (χ1) is 14.6. The summed E-state index contributed by atoms with van der Waals surface area (Å²) in [6.07, 6.45) is 6.98. The van der Waals surface area contributed by atoms with Gasteiger partial charge in [-0.15, -0.1) is 0 Å². The summed E-state index contributed by atoms with van der Waals surface area (Å²) in [7, 11) is 0. The number of hydrogen-bond acceptors (Lipinski definition) is 4. The Morgan fingerprint density at radius 1 is 1.03 bits per heavy atom. The fourth-order valence-corrected chi connectivity index (χ4v) is 3.79. The van der Waals surface area contributed by atoms with Crippen molar-refractivity contribution >= 4 is 23.3 Å². The number of anilines is 1. The highest BCUT2D eigenvalue weighted by Crippen LogP contribution is 2.28. The Labute approximate surface area is 179 Å². The summed E-state index contributed by atoms with van der Waals surface area (Å²) < 4.78 is 13.3. The summed E-state index contributed by atoms with van der Waals surface area (Å²) in [5.74, 6) is 0.204. The predicted molar refractivity (Wildman–Crippen MR) is 116 cm³/mol. The van der Waals surface area contributed by atoms with Crippen molar-refractivity contribution < 1.29 is 9.18 Å². The summed E-state index contributed by atoms with van der Waals surface area (Å²) in [4.78, 5) is 23.9. The lowest BCUT2D eigenvalue weighted by Gasteiger charge is -2.28. The van der Waals surface area contributed by atoms with E-state index in [-0.39, 0.29) is 17.5 Å². The Balaban J connectivity index is 1.46. The Bertz CT molecular complexity index is 1040. The molecular weight excluding hydrogens is 403 g/mol. The van der Waals surface area contributed by atoms with Crippen LogP contribution in [0.5, 0.6) is 0 Å². The average molecular weight is 425 g/mol. The smallest absolute Gasteiger partial charge is 0.251 e. The van der Waals surface area contributed by atoms with E-state index in [4.69, 9.17) is 11.6 Å². The maximum Gasteiger partial charge on any atom is 0.251 e. The number of nitrogens with zero attached hydrogens (tertiary/aromatic N) is 3. The second-order valence-corrected chi connectivity index (χ2v) is 7.69. The van der Waals surface area contributed by atoms with Gasteiger partial charge in [-0.25, -0.2) is 9.37 Å². The van der Waals surface area contributed by atoms with E-state index in [2.05, 4.69) is 20.2 Å². The van der Waals surface area contributed by atoms with Crippen LogP contribution in [-0.2, 0) is 6.54 Å². The van der Waals surface area contributed by atoms with Crippen LogP contribution in [0.3, 0.4) is 0 Å². The van der Waals surface area contributed by atoms with E-state index >= 15 is 0 Å². The Kier molecular flexibility index (Phi) is 6.23. The number of hydrogen-bond donors (Lipinski definition) is 1.